The van der Waals surface area contributed by atoms with Crippen LogP contribution in [0, 0.1) is 17.3 Å². The highest BCUT2D eigenvalue weighted by Crippen LogP contribution is 2.57. The van der Waals surface area contributed by atoms with Gasteiger partial charge in [-0.3, -0.25) is 0 Å². The molecular formula is C29H43FO2. The molecule has 0 saturated heterocycles. The Morgan fingerprint density at radius 3 is 2.72 bits per heavy atom. The number of halogens is 1. The highest BCUT2D eigenvalue weighted by molar-refractivity contribution is 5.40. The van der Waals surface area contributed by atoms with Crippen LogP contribution in [0.4, 0.5) is 4.39 Å². The van der Waals surface area contributed by atoms with E-state index in [1.165, 1.54) is 18.4 Å². The molecule has 2 nitrogen and oxygen atoms in total. The number of alkyl halides is 1. The van der Waals surface area contributed by atoms with Gasteiger partial charge in [0.1, 0.15) is 6.17 Å². The Morgan fingerprint density at radius 2 is 2.03 bits per heavy atom. The van der Waals surface area contributed by atoms with Crippen LogP contribution >= 0.6 is 0 Å². The van der Waals surface area contributed by atoms with Gasteiger partial charge in [-0.2, -0.15) is 0 Å². The summed E-state index contributed by atoms with van der Waals surface area (Å²) in [5.41, 5.74) is 3.90. The van der Waals surface area contributed by atoms with Crippen molar-refractivity contribution in [3.8, 4) is 0 Å². The number of hydrogen-bond donors (Lipinski definition) is 2. The second-order valence-corrected chi connectivity index (χ2v) is 10.6. The van der Waals surface area contributed by atoms with Crippen LogP contribution in [-0.4, -0.2) is 28.1 Å². The predicted molar refractivity (Wildman–Crippen MR) is 132 cm³/mol. The molecule has 3 rings (SSSR count). The van der Waals surface area contributed by atoms with Crippen molar-refractivity contribution >= 4 is 0 Å². The first-order valence-electron chi connectivity index (χ1n) is 12.6. The van der Waals surface area contributed by atoms with Crippen LogP contribution in [0.2, 0.25) is 0 Å². The Labute approximate surface area is 194 Å². The van der Waals surface area contributed by atoms with Gasteiger partial charge in [0.25, 0.3) is 0 Å². The van der Waals surface area contributed by atoms with Crippen LogP contribution in [0.25, 0.3) is 0 Å². The first kappa shape index (κ1) is 25.2. The quantitative estimate of drug-likeness (QED) is 0.411. The third-order valence-corrected chi connectivity index (χ3v) is 8.51. The monoisotopic (exact) mass is 442 g/mol. The summed E-state index contributed by atoms with van der Waals surface area (Å²) in [5, 5.41) is 20.5. The largest absolute Gasteiger partial charge is 0.393 e. The Kier molecular flexibility index (Phi) is 8.04. The minimum Gasteiger partial charge on any atom is -0.393 e. The molecule has 2 fully saturated rings. The zero-order valence-corrected chi connectivity index (χ0v) is 20.5. The molecule has 0 amide bonds. The standard InChI is InChI=1S/C29H43FO2/c1-6-29(32,7-2)17-8-10-20(3)25-14-15-26-22(11-9-16-28(25,26)5)12-13-23-18-24(31)19-27(30)21(23)4/h8,12-14,17,20,24,26-27,31-32H,4,6-7,9-11,15-16,18-19H2,1-3,5H3/b17-8+,22-12+,23-13-/t20-,24?,26-,27-,28+/m0/s1. The Balaban J connectivity index is 1.73. The molecule has 178 valence electrons. The van der Waals surface area contributed by atoms with E-state index in [-0.39, 0.29) is 11.8 Å². The van der Waals surface area contributed by atoms with E-state index in [4.69, 9.17) is 0 Å². The Morgan fingerprint density at radius 1 is 1.31 bits per heavy atom. The molecule has 0 bridgehead atoms. The van der Waals surface area contributed by atoms with Crippen LogP contribution < -0.4 is 0 Å². The van der Waals surface area contributed by atoms with Gasteiger partial charge in [-0.25, -0.2) is 4.39 Å². The fraction of sp³-hybridized carbons (Fsp3) is 0.655. The zero-order chi connectivity index (χ0) is 23.5. The van der Waals surface area contributed by atoms with E-state index < -0.39 is 17.9 Å². The molecule has 5 atom stereocenters. The van der Waals surface area contributed by atoms with E-state index in [0.717, 1.165) is 37.7 Å². The lowest BCUT2D eigenvalue weighted by atomic mass is 9.62. The average molecular weight is 443 g/mol. The highest BCUT2D eigenvalue weighted by atomic mass is 19.1. The lowest BCUT2D eigenvalue weighted by Gasteiger charge is -2.42. The number of aliphatic hydroxyl groups excluding tert-OH is 1. The van der Waals surface area contributed by atoms with Gasteiger partial charge < -0.3 is 10.2 Å². The third-order valence-electron chi connectivity index (χ3n) is 8.51. The van der Waals surface area contributed by atoms with Crippen molar-refractivity contribution in [1.29, 1.82) is 0 Å². The molecule has 3 heteroatoms. The van der Waals surface area contributed by atoms with Crippen molar-refractivity contribution < 1.29 is 14.6 Å². The predicted octanol–water partition coefficient (Wildman–Crippen LogP) is 7.16. The molecule has 1 unspecified atom stereocenters. The van der Waals surface area contributed by atoms with Crippen molar-refractivity contribution in [3.05, 3.63) is 59.3 Å². The minimum absolute atomic E-state index is 0.168. The molecule has 0 aromatic heterocycles. The maximum Gasteiger partial charge on any atom is 0.127 e. The first-order chi connectivity index (χ1) is 15.1. The number of aliphatic hydroxyl groups is 2. The molecule has 3 aliphatic rings. The van der Waals surface area contributed by atoms with Gasteiger partial charge in [-0.05, 0) is 79.8 Å². The van der Waals surface area contributed by atoms with Crippen molar-refractivity contribution in [2.24, 2.45) is 17.3 Å². The van der Waals surface area contributed by atoms with Gasteiger partial charge in [0.15, 0.2) is 0 Å². The number of hydrogen-bond acceptors (Lipinski definition) is 2. The number of fused-ring (bicyclic) bond motifs is 1. The summed E-state index contributed by atoms with van der Waals surface area (Å²) in [5.74, 6) is 0.957. The summed E-state index contributed by atoms with van der Waals surface area (Å²) in [6.45, 7) is 12.7. The number of rotatable bonds is 7. The van der Waals surface area contributed by atoms with Crippen molar-refractivity contribution in [1.82, 2.24) is 0 Å². The molecular weight excluding hydrogens is 399 g/mol. The minimum atomic E-state index is -1.13. The van der Waals surface area contributed by atoms with Gasteiger partial charge in [-0.1, -0.05) is 75.8 Å². The van der Waals surface area contributed by atoms with Crippen LogP contribution in [0.15, 0.2) is 59.3 Å². The molecule has 0 aliphatic heterocycles. The molecule has 0 aromatic rings. The zero-order valence-electron chi connectivity index (χ0n) is 20.5. The summed E-state index contributed by atoms with van der Waals surface area (Å²) < 4.78 is 14.1. The lowest BCUT2D eigenvalue weighted by Crippen LogP contribution is -2.32. The molecule has 2 N–H and O–H groups in total. The van der Waals surface area contributed by atoms with E-state index in [0.29, 0.717) is 23.8 Å². The van der Waals surface area contributed by atoms with Gasteiger partial charge in [0, 0.05) is 6.42 Å². The van der Waals surface area contributed by atoms with E-state index >= 15 is 0 Å². The van der Waals surface area contributed by atoms with Crippen LogP contribution in [0.1, 0.15) is 85.5 Å². The summed E-state index contributed by atoms with van der Waals surface area (Å²) in [7, 11) is 0. The molecule has 0 radical (unpaired) electrons. The smallest absolute Gasteiger partial charge is 0.127 e. The van der Waals surface area contributed by atoms with E-state index in [1.807, 2.05) is 26.0 Å². The Bertz CT molecular complexity index is 813. The lowest BCUT2D eigenvalue weighted by molar-refractivity contribution is 0.0824. The van der Waals surface area contributed by atoms with E-state index in [9.17, 15) is 14.6 Å². The fourth-order valence-corrected chi connectivity index (χ4v) is 6.15. The molecule has 0 aromatic carbocycles. The van der Waals surface area contributed by atoms with Crippen molar-refractivity contribution in [3.63, 3.8) is 0 Å². The first-order valence-corrected chi connectivity index (χ1v) is 12.6. The molecule has 32 heavy (non-hydrogen) atoms. The second kappa shape index (κ2) is 10.2. The van der Waals surface area contributed by atoms with Gasteiger partial charge in [0.05, 0.1) is 11.7 Å². The summed E-state index contributed by atoms with van der Waals surface area (Å²) in [6.07, 6.45) is 16.8. The number of allylic oxidation sites excluding steroid dienone is 7. The highest BCUT2D eigenvalue weighted by Gasteiger charge is 2.45. The summed E-state index contributed by atoms with van der Waals surface area (Å²) >= 11 is 0. The molecule has 2 saturated carbocycles. The van der Waals surface area contributed by atoms with Crippen LogP contribution in [0.5, 0.6) is 0 Å². The Hall–Kier alpha value is -1.45. The SMILES string of the molecule is C=C1/C(=C\C=C2/CCC[C@]3(C)C([C@@H](C)C/C=C/C(O)(CC)CC)=CC[C@@H]23)CC(O)C[C@@H]1F. The van der Waals surface area contributed by atoms with Gasteiger partial charge in [-0.15, -0.1) is 0 Å². The second-order valence-electron chi connectivity index (χ2n) is 10.6. The van der Waals surface area contributed by atoms with Gasteiger partial charge in [0.2, 0.25) is 0 Å². The summed E-state index contributed by atoms with van der Waals surface area (Å²) in [6, 6.07) is 0. The van der Waals surface area contributed by atoms with Crippen molar-refractivity contribution in [2.45, 2.75) is 103 Å². The normalized spacial score (nSPS) is 34.9. The molecule has 0 heterocycles. The van der Waals surface area contributed by atoms with E-state index in [2.05, 4.69) is 38.7 Å². The topological polar surface area (TPSA) is 40.5 Å². The maximum absolute atomic E-state index is 14.1. The van der Waals surface area contributed by atoms with Crippen LogP contribution in [-0.2, 0) is 0 Å². The maximum atomic E-state index is 14.1. The van der Waals surface area contributed by atoms with Crippen molar-refractivity contribution in [2.75, 3.05) is 0 Å². The van der Waals surface area contributed by atoms with Crippen LogP contribution in [0.3, 0.4) is 0 Å². The fourth-order valence-electron chi connectivity index (χ4n) is 6.15. The third kappa shape index (κ3) is 5.20. The average Bonchev–Trinajstić information content (AvgIpc) is 3.12. The molecule has 3 aliphatic carbocycles. The van der Waals surface area contributed by atoms with E-state index in [1.54, 1.807) is 5.57 Å². The van der Waals surface area contributed by atoms with Gasteiger partial charge >= 0.3 is 0 Å². The summed E-state index contributed by atoms with van der Waals surface area (Å²) in [4.78, 5) is 0. The molecule has 0 spiro atoms.